The predicted molar refractivity (Wildman–Crippen MR) is 119 cm³/mol. The minimum absolute atomic E-state index is 0.166. The van der Waals surface area contributed by atoms with Crippen molar-refractivity contribution < 1.29 is 19.4 Å². The summed E-state index contributed by atoms with van der Waals surface area (Å²) in [7, 11) is 0. The molecule has 0 fully saturated rings. The molecule has 1 atom stereocenters. The van der Waals surface area contributed by atoms with E-state index in [0.29, 0.717) is 24.3 Å². The first-order valence-electron chi connectivity index (χ1n) is 10.1. The second-order valence-electron chi connectivity index (χ2n) is 7.45. The zero-order chi connectivity index (χ0) is 22.6. The number of carboxylic acid groups (broad SMARTS) is 1. The van der Waals surface area contributed by atoms with Crippen LogP contribution in [-0.2, 0) is 10.3 Å². The van der Waals surface area contributed by atoms with Crippen LogP contribution in [0.25, 0.3) is 10.9 Å². The van der Waals surface area contributed by atoms with Crippen LogP contribution in [0.3, 0.4) is 0 Å². The van der Waals surface area contributed by atoms with Crippen LogP contribution in [0.5, 0.6) is 5.75 Å². The molecular weight excluding hydrogens is 408 g/mol. The van der Waals surface area contributed by atoms with Crippen molar-refractivity contribution in [1.82, 2.24) is 20.5 Å². The van der Waals surface area contributed by atoms with Gasteiger partial charge in [-0.3, -0.25) is 19.7 Å². The quantitative estimate of drug-likeness (QED) is 0.429. The van der Waals surface area contributed by atoms with Gasteiger partial charge in [-0.2, -0.15) is 5.10 Å². The lowest BCUT2D eigenvalue weighted by atomic mass is 9.81. The Labute approximate surface area is 184 Å². The third-order valence-electron chi connectivity index (χ3n) is 5.48. The molecule has 3 heterocycles. The average molecular weight is 430 g/mol. The predicted octanol–water partition coefficient (Wildman–Crippen LogP) is 3.42. The summed E-state index contributed by atoms with van der Waals surface area (Å²) < 4.78 is 5.83. The molecule has 0 unspecified atom stereocenters. The molecule has 0 bridgehead atoms. The summed E-state index contributed by atoms with van der Waals surface area (Å²) in [6.07, 6.45) is 4.07. The molecule has 0 saturated carbocycles. The van der Waals surface area contributed by atoms with E-state index in [0.717, 1.165) is 27.7 Å². The topological polar surface area (TPSA) is 117 Å². The average Bonchev–Trinajstić information content (AvgIpc) is 3.28. The number of amides is 1. The maximum atomic E-state index is 13.3. The molecule has 32 heavy (non-hydrogen) atoms. The van der Waals surface area contributed by atoms with Crippen LogP contribution in [-0.4, -0.2) is 39.3 Å². The van der Waals surface area contributed by atoms with Crippen molar-refractivity contribution in [2.75, 3.05) is 6.61 Å². The number of aromatic amines is 1. The Hall–Kier alpha value is -4.20. The number of carbonyl (C=O) groups is 2. The van der Waals surface area contributed by atoms with E-state index in [1.165, 1.54) is 0 Å². The summed E-state index contributed by atoms with van der Waals surface area (Å²) in [4.78, 5) is 26.3. The van der Waals surface area contributed by atoms with E-state index in [4.69, 9.17) is 14.6 Å². The van der Waals surface area contributed by atoms with Crippen molar-refractivity contribution in [1.29, 1.82) is 0 Å². The third kappa shape index (κ3) is 3.90. The molecule has 1 aliphatic rings. The minimum atomic E-state index is -0.761. The van der Waals surface area contributed by atoms with Gasteiger partial charge in [-0.25, -0.2) is 0 Å². The number of aromatic nitrogens is 3. The first-order chi connectivity index (χ1) is 15.6. The number of nitrogens with one attached hydrogen (secondary N) is 2. The van der Waals surface area contributed by atoms with Crippen molar-refractivity contribution in [2.45, 2.75) is 18.9 Å². The van der Waals surface area contributed by atoms with Crippen LogP contribution >= 0.6 is 0 Å². The first-order valence-corrected chi connectivity index (χ1v) is 10.1. The maximum absolute atomic E-state index is 13.3. The van der Waals surface area contributed by atoms with Crippen molar-refractivity contribution in [3.63, 3.8) is 0 Å². The number of hydrogen-bond acceptors (Lipinski definition) is 5. The lowest BCUT2D eigenvalue weighted by molar-refractivity contribution is -0.122. The highest BCUT2D eigenvalue weighted by Crippen LogP contribution is 2.40. The van der Waals surface area contributed by atoms with Crippen LogP contribution in [0.4, 0.5) is 0 Å². The number of benzene rings is 2. The molecule has 8 nitrogen and oxygen atoms in total. The van der Waals surface area contributed by atoms with E-state index in [1.807, 2.05) is 37.3 Å². The summed E-state index contributed by atoms with van der Waals surface area (Å²) >= 11 is 0. The highest BCUT2D eigenvalue weighted by Gasteiger charge is 2.42. The lowest BCUT2D eigenvalue weighted by Gasteiger charge is -2.39. The SMILES string of the molecule is Cc1ccc([C@@]2(NC(=O)c3ccc4cn[nH]c4c3)CCOc3cccnc32)cc1.O=CO. The van der Waals surface area contributed by atoms with Crippen molar-refractivity contribution in [3.8, 4) is 5.75 Å². The number of aryl methyl sites for hydroxylation is 1. The first kappa shape index (κ1) is 21.0. The molecule has 1 amide bonds. The van der Waals surface area contributed by atoms with Gasteiger partial charge in [0.1, 0.15) is 17.0 Å². The van der Waals surface area contributed by atoms with Gasteiger partial charge in [0.25, 0.3) is 12.4 Å². The summed E-state index contributed by atoms with van der Waals surface area (Å²) in [5.74, 6) is 0.532. The van der Waals surface area contributed by atoms with Crippen LogP contribution in [0.15, 0.2) is 67.0 Å². The van der Waals surface area contributed by atoms with Crippen LogP contribution < -0.4 is 10.1 Å². The summed E-state index contributed by atoms with van der Waals surface area (Å²) in [6.45, 7) is 2.29. The van der Waals surface area contributed by atoms with Gasteiger partial charge in [-0.1, -0.05) is 35.9 Å². The molecule has 0 radical (unpaired) electrons. The lowest BCUT2D eigenvalue weighted by Crippen LogP contribution is -2.50. The zero-order valence-corrected chi connectivity index (χ0v) is 17.4. The van der Waals surface area contributed by atoms with Crippen molar-refractivity contribution >= 4 is 23.3 Å². The molecule has 4 aromatic rings. The van der Waals surface area contributed by atoms with Crippen molar-refractivity contribution in [2.24, 2.45) is 0 Å². The molecule has 0 aliphatic carbocycles. The van der Waals surface area contributed by atoms with E-state index in [-0.39, 0.29) is 12.4 Å². The largest absolute Gasteiger partial charge is 0.491 e. The number of nitrogens with zero attached hydrogens (tertiary/aromatic N) is 2. The molecule has 162 valence electrons. The van der Waals surface area contributed by atoms with Crippen molar-refractivity contribution in [3.05, 3.63) is 89.4 Å². The number of hydrogen-bond donors (Lipinski definition) is 3. The molecule has 2 aromatic heterocycles. The Bertz CT molecular complexity index is 1250. The molecule has 1 aliphatic heterocycles. The van der Waals surface area contributed by atoms with E-state index in [9.17, 15) is 4.79 Å². The van der Waals surface area contributed by atoms with E-state index < -0.39 is 5.54 Å². The second kappa shape index (κ2) is 8.89. The highest BCUT2D eigenvalue weighted by atomic mass is 16.5. The fourth-order valence-electron chi connectivity index (χ4n) is 3.92. The summed E-state index contributed by atoms with van der Waals surface area (Å²) in [5, 5.41) is 18.1. The third-order valence-corrected chi connectivity index (χ3v) is 5.48. The van der Waals surface area contributed by atoms with Gasteiger partial charge in [0, 0.05) is 23.6 Å². The van der Waals surface area contributed by atoms with Crippen LogP contribution in [0.1, 0.15) is 33.6 Å². The highest BCUT2D eigenvalue weighted by molar-refractivity contribution is 5.98. The van der Waals surface area contributed by atoms with Gasteiger partial charge in [0.2, 0.25) is 0 Å². The van der Waals surface area contributed by atoms with E-state index in [2.05, 4.69) is 44.8 Å². The Morgan fingerprint density at radius 2 is 2.00 bits per heavy atom. The molecule has 5 rings (SSSR count). The number of carbonyl (C=O) groups excluding carboxylic acids is 1. The normalized spacial score (nSPS) is 16.8. The molecule has 8 heteroatoms. The molecule has 2 aromatic carbocycles. The van der Waals surface area contributed by atoms with Gasteiger partial charge in [-0.15, -0.1) is 0 Å². The molecule has 3 N–H and O–H groups in total. The Balaban J connectivity index is 0.000000775. The summed E-state index contributed by atoms with van der Waals surface area (Å²) in [5.41, 5.74) is 3.51. The van der Waals surface area contributed by atoms with Gasteiger partial charge >= 0.3 is 0 Å². The monoisotopic (exact) mass is 430 g/mol. The smallest absolute Gasteiger partial charge is 0.290 e. The maximum Gasteiger partial charge on any atom is 0.290 e. The zero-order valence-electron chi connectivity index (χ0n) is 17.4. The summed E-state index contributed by atoms with van der Waals surface area (Å²) in [6, 6.07) is 17.5. The number of ether oxygens (including phenoxy) is 1. The molecule has 0 spiro atoms. The Kier molecular flexibility index (Phi) is 5.85. The van der Waals surface area contributed by atoms with Gasteiger partial charge in [-0.05, 0) is 36.8 Å². The van der Waals surface area contributed by atoms with Gasteiger partial charge in [0.15, 0.2) is 0 Å². The molecular formula is C24H22N4O4. The van der Waals surface area contributed by atoms with Gasteiger partial charge in [0.05, 0.1) is 18.3 Å². The minimum Gasteiger partial charge on any atom is -0.491 e. The number of pyridine rings is 1. The van der Waals surface area contributed by atoms with E-state index in [1.54, 1.807) is 12.4 Å². The van der Waals surface area contributed by atoms with Crippen LogP contribution in [0.2, 0.25) is 0 Å². The van der Waals surface area contributed by atoms with Gasteiger partial charge < -0.3 is 15.2 Å². The second-order valence-corrected chi connectivity index (χ2v) is 7.45. The number of fused-ring (bicyclic) bond motifs is 2. The number of rotatable bonds is 3. The van der Waals surface area contributed by atoms with Crippen LogP contribution in [0, 0.1) is 6.92 Å². The number of H-pyrrole nitrogens is 1. The fraction of sp³-hybridized carbons (Fsp3) is 0.167. The molecule has 0 saturated heterocycles. The fourth-order valence-corrected chi connectivity index (χ4v) is 3.92. The standard InChI is InChI=1S/C23H20N4O2.CH2O2/c1-15-4-8-18(9-5-15)23(10-12-29-20-3-2-11-24-21(20)23)26-22(28)16-6-7-17-14-25-27-19(17)13-16;2-1-3/h2-9,11,13-14H,10,12H2,1H3,(H,25,27)(H,26,28);1H,(H,2,3)/t23-;/m0./s1. The Morgan fingerprint density at radius 3 is 2.78 bits per heavy atom. The Morgan fingerprint density at radius 1 is 1.22 bits per heavy atom. The van der Waals surface area contributed by atoms with E-state index >= 15 is 0 Å².